The molecule has 0 radical (unpaired) electrons. The first-order valence-corrected chi connectivity index (χ1v) is 4.87. The van der Waals surface area contributed by atoms with Crippen LogP contribution in [0.15, 0.2) is 11.8 Å². The Kier molecular flexibility index (Phi) is 1.09. The van der Waals surface area contributed by atoms with Crippen LogP contribution in [0.5, 0.6) is 0 Å². The minimum atomic E-state index is 0.0793. The second-order valence-corrected chi connectivity index (χ2v) is 4.94. The first kappa shape index (κ1) is 6.96. The molecule has 0 aromatic heterocycles. The van der Waals surface area contributed by atoms with Crippen molar-refractivity contribution < 1.29 is 5.21 Å². The van der Waals surface area contributed by atoms with Crippen LogP contribution in [0.4, 0.5) is 0 Å². The van der Waals surface area contributed by atoms with Gasteiger partial charge in [-0.05, 0) is 44.4 Å². The summed E-state index contributed by atoms with van der Waals surface area (Å²) in [5.74, 6) is 1.62. The third-order valence-electron chi connectivity index (χ3n) is 3.78. The van der Waals surface area contributed by atoms with Gasteiger partial charge < -0.3 is 0 Å². The predicted molar refractivity (Wildman–Crippen MR) is 45.6 cm³/mol. The molecule has 2 unspecified atom stereocenters. The first-order chi connectivity index (χ1) is 5.67. The summed E-state index contributed by atoms with van der Waals surface area (Å²) in [4.78, 5) is 0. The maximum atomic E-state index is 9.85. The van der Waals surface area contributed by atoms with Gasteiger partial charge in [-0.25, -0.2) is 0 Å². The second-order valence-electron chi connectivity index (χ2n) is 4.94. The normalized spacial score (nSPS) is 49.8. The number of nitrogens with zero attached hydrogens (tertiary/aromatic N) is 1. The molecule has 0 amide bonds. The minimum absolute atomic E-state index is 0.0793. The van der Waals surface area contributed by atoms with Crippen LogP contribution in [0.1, 0.15) is 32.6 Å². The van der Waals surface area contributed by atoms with Crippen molar-refractivity contribution in [1.82, 2.24) is 5.06 Å². The Balaban J connectivity index is 2.09. The summed E-state index contributed by atoms with van der Waals surface area (Å²) < 4.78 is 0. The third kappa shape index (κ3) is 0.692. The summed E-state index contributed by atoms with van der Waals surface area (Å²) in [5.41, 5.74) is 1.27. The lowest BCUT2D eigenvalue weighted by molar-refractivity contribution is -0.189. The maximum absolute atomic E-state index is 9.85. The van der Waals surface area contributed by atoms with E-state index in [0.717, 1.165) is 24.7 Å². The number of hydroxylamine groups is 2. The van der Waals surface area contributed by atoms with Crippen molar-refractivity contribution in [3.8, 4) is 0 Å². The zero-order valence-electron chi connectivity index (χ0n) is 7.45. The van der Waals surface area contributed by atoms with Gasteiger partial charge in [0.1, 0.15) is 0 Å². The van der Waals surface area contributed by atoms with Gasteiger partial charge in [-0.1, -0.05) is 6.08 Å². The molecule has 4 bridgehead atoms. The van der Waals surface area contributed by atoms with E-state index in [2.05, 4.69) is 13.0 Å². The van der Waals surface area contributed by atoms with Crippen LogP contribution in [-0.4, -0.2) is 15.8 Å². The van der Waals surface area contributed by atoms with E-state index in [9.17, 15) is 5.21 Å². The molecule has 66 valence electrons. The fourth-order valence-corrected chi connectivity index (χ4v) is 3.46. The third-order valence-corrected chi connectivity index (χ3v) is 3.78. The fraction of sp³-hybridized carbons (Fsp3) is 0.800. The highest BCUT2D eigenvalue weighted by atomic mass is 16.5. The molecule has 2 aliphatic carbocycles. The average Bonchev–Trinajstić information content (AvgIpc) is 1.98. The molecule has 0 aromatic rings. The Labute approximate surface area is 72.8 Å². The lowest BCUT2D eigenvalue weighted by Crippen LogP contribution is -2.55. The van der Waals surface area contributed by atoms with Crippen molar-refractivity contribution in [1.29, 1.82) is 0 Å². The molecule has 4 aliphatic rings. The molecule has 2 heteroatoms. The van der Waals surface area contributed by atoms with Crippen LogP contribution in [0, 0.1) is 11.8 Å². The van der Waals surface area contributed by atoms with Gasteiger partial charge in [-0.3, -0.25) is 10.3 Å². The van der Waals surface area contributed by atoms with Gasteiger partial charge in [0.25, 0.3) is 0 Å². The first-order valence-electron chi connectivity index (χ1n) is 4.87. The Morgan fingerprint density at radius 2 is 2.42 bits per heavy atom. The van der Waals surface area contributed by atoms with Gasteiger partial charge in [0.05, 0.1) is 5.54 Å². The number of hydrogen-bond donors (Lipinski definition) is 1. The van der Waals surface area contributed by atoms with Gasteiger partial charge in [0.15, 0.2) is 0 Å². The number of rotatable bonds is 0. The molecule has 1 N–H and O–H groups in total. The van der Waals surface area contributed by atoms with Crippen molar-refractivity contribution in [2.75, 3.05) is 0 Å². The van der Waals surface area contributed by atoms with Gasteiger partial charge in [-0.15, -0.1) is 0 Å². The summed E-state index contributed by atoms with van der Waals surface area (Å²) in [6.45, 7) is 2.19. The van der Waals surface area contributed by atoms with Crippen LogP contribution >= 0.6 is 0 Å². The molecule has 12 heavy (non-hydrogen) atoms. The number of piperidine rings is 1. The van der Waals surface area contributed by atoms with Crippen molar-refractivity contribution in [3.63, 3.8) is 0 Å². The Morgan fingerprint density at radius 3 is 3.08 bits per heavy atom. The van der Waals surface area contributed by atoms with E-state index < -0.39 is 0 Å². The average molecular weight is 165 g/mol. The number of allylic oxidation sites excluding steroid dienone is 2. The van der Waals surface area contributed by atoms with Crippen molar-refractivity contribution >= 4 is 0 Å². The van der Waals surface area contributed by atoms with Gasteiger partial charge in [-0.2, -0.15) is 0 Å². The van der Waals surface area contributed by atoms with Crippen molar-refractivity contribution in [2.45, 2.75) is 38.1 Å². The fourth-order valence-electron chi connectivity index (χ4n) is 3.46. The Hall–Kier alpha value is -0.500. The summed E-state index contributed by atoms with van der Waals surface area (Å²) in [6.07, 6.45) is 7.10. The standard InChI is InChI=1S/C10H15NO/c1-10-5-7-2-8(6-10)4-9(3-7)11(10)12/h3,7-8,12H,2,4-6H2,1H3/t7?,8-,10?/m1/s1. The molecule has 4 rings (SSSR count). The van der Waals surface area contributed by atoms with Crippen LogP contribution in [-0.2, 0) is 0 Å². The van der Waals surface area contributed by atoms with Crippen LogP contribution in [0.2, 0.25) is 0 Å². The molecular formula is C10H15NO. The van der Waals surface area contributed by atoms with Gasteiger partial charge in [0.2, 0.25) is 0 Å². The SMILES string of the molecule is CC12CC3C=C(C[C@@H](C3)C1)N2O. The zero-order chi connectivity index (χ0) is 8.34. The van der Waals surface area contributed by atoms with Crippen molar-refractivity contribution in [2.24, 2.45) is 11.8 Å². The largest absolute Gasteiger partial charge is 0.288 e. The summed E-state index contributed by atoms with van der Waals surface area (Å²) in [6, 6.07) is 0. The summed E-state index contributed by atoms with van der Waals surface area (Å²) in [7, 11) is 0. The summed E-state index contributed by atoms with van der Waals surface area (Å²) in [5, 5.41) is 11.4. The van der Waals surface area contributed by atoms with Crippen LogP contribution in [0.25, 0.3) is 0 Å². The maximum Gasteiger partial charge on any atom is 0.0648 e. The molecular weight excluding hydrogens is 150 g/mol. The van der Waals surface area contributed by atoms with Crippen molar-refractivity contribution in [3.05, 3.63) is 11.8 Å². The predicted octanol–water partition coefficient (Wildman–Crippen LogP) is 2.15. The number of hydrogen-bond acceptors (Lipinski definition) is 2. The molecule has 2 fully saturated rings. The van der Waals surface area contributed by atoms with E-state index in [4.69, 9.17) is 0 Å². The quantitative estimate of drug-likeness (QED) is 0.594. The highest BCUT2D eigenvalue weighted by Gasteiger charge is 2.49. The molecule has 0 spiro atoms. The topological polar surface area (TPSA) is 23.5 Å². The summed E-state index contributed by atoms with van der Waals surface area (Å²) >= 11 is 0. The molecule has 1 saturated heterocycles. The molecule has 0 aromatic carbocycles. The molecule has 1 saturated carbocycles. The van der Waals surface area contributed by atoms with E-state index in [-0.39, 0.29) is 5.54 Å². The monoisotopic (exact) mass is 165 g/mol. The molecule has 2 aliphatic heterocycles. The lowest BCUT2D eigenvalue weighted by Gasteiger charge is -2.55. The highest BCUT2D eigenvalue weighted by Crippen LogP contribution is 2.52. The van der Waals surface area contributed by atoms with E-state index in [1.54, 1.807) is 5.06 Å². The zero-order valence-corrected chi connectivity index (χ0v) is 7.45. The van der Waals surface area contributed by atoms with Gasteiger partial charge >= 0.3 is 0 Å². The van der Waals surface area contributed by atoms with E-state index in [1.165, 1.54) is 18.5 Å². The molecule has 2 heterocycles. The van der Waals surface area contributed by atoms with E-state index in [1.807, 2.05) is 0 Å². The van der Waals surface area contributed by atoms with Crippen LogP contribution < -0.4 is 0 Å². The van der Waals surface area contributed by atoms with E-state index in [0.29, 0.717) is 0 Å². The molecule has 2 nitrogen and oxygen atoms in total. The highest BCUT2D eigenvalue weighted by molar-refractivity contribution is 5.20. The minimum Gasteiger partial charge on any atom is -0.288 e. The van der Waals surface area contributed by atoms with E-state index >= 15 is 0 Å². The Morgan fingerprint density at radius 1 is 1.58 bits per heavy atom. The second kappa shape index (κ2) is 1.87. The smallest absolute Gasteiger partial charge is 0.0648 e. The van der Waals surface area contributed by atoms with Crippen LogP contribution in [0.3, 0.4) is 0 Å². The molecule has 3 atom stereocenters. The Bertz CT molecular complexity index is 261. The van der Waals surface area contributed by atoms with Gasteiger partial charge in [0, 0.05) is 5.70 Å². The lowest BCUT2D eigenvalue weighted by atomic mass is 9.63.